The lowest BCUT2D eigenvalue weighted by Gasteiger charge is -2.30. The van der Waals surface area contributed by atoms with Gasteiger partial charge in [0.05, 0.1) is 6.61 Å². The van der Waals surface area contributed by atoms with Gasteiger partial charge in [-0.15, -0.1) is 0 Å². The molecule has 3 aliphatic rings. The van der Waals surface area contributed by atoms with E-state index in [0.29, 0.717) is 47.1 Å². The highest BCUT2D eigenvalue weighted by atomic mass is 19.2. The van der Waals surface area contributed by atoms with Crippen molar-refractivity contribution in [1.82, 2.24) is 0 Å². The summed E-state index contributed by atoms with van der Waals surface area (Å²) in [5, 5.41) is 0. The first-order chi connectivity index (χ1) is 17.5. The van der Waals surface area contributed by atoms with Gasteiger partial charge in [0, 0.05) is 5.56 Å². The number of hydrogen-bond donors (Lipinski definition) is 0. The SMILES string of the molecule is C/C=C/C1CCC(c2ccc(C3CCC(CCc4ccc(C5CO5)c(F)c4F)CC3)c(F)c2F)CC1. The van der Waals surface area contributed by atoms with Gasteiger partial charge in [0.1, 0.15) is 6.10 Å². The molecule has 194 valence electrons. The molecule has 1 unspecified atom stereocenters. The van der Waals surface area contributed by atoms with Gasteiger partial charge >= 0.3 is 0 Å². The maximum atomic E-state index is 15.2. The van der Waals surface area contributed by atoms with E-state index in [1.807, 2.05) is 19.1 Å². The van der Waals surface area contributed by atoms with E-state index in [0.717, 1.165) is 57.8 Å². The Morgan fingerprint density at radius 2 is 1.25 bits per heavy atom. The van der Waals surface area contributed by atoms with E-state index >= 15 is 8.78 Å². The first kappa shape index (κ1) is 25.5. The van der Waals surface area contributed by atoms with Crippen molar-refractivity contribution >= 4 is 0 Å². The molecule has 2 saturated carbocycles. The monoisotopic (exact) mass is 500 g/mol. The van der Waals surface area contributed by atoms with E-state index in [1.54, 1.807) is 12.1 Å². The highest BCUT2D eigenvalue weighted by Crippen LogP contribution is 2.42. The molecule has 2 aliphatic carbocycles. The fourth-order valence-electron chi connectivity index (χ4n) is 6.50. The zero-order valence-electron chi connectivity index (χ0n) is 21.0. The van der Waals surface area contributed by atoms with Crippen molar-refractivity contribution in [3.8, 4) is 0 Å². The average Bonchev–Trinajstić information content (AvgIpc) is 3.73. The van der Waals surface area contributed by atoms with Gasteiger partial charge in [-0.3, -0.25) is 0 Å². The number of hydrogen-bond acceptors (Lipinski definition) is 1. The Bertz CT molecular complexity index is 1090. The summed E-state index contributed by atoms with van der Waals surface area (Å²) in [5.41, 5.74) is 1.75. The molecule has 1 heterocycles. The van der Waals surface area contributed by atoms with Crippen molar-refractivity contribution in [2.45, 2.75) is 89.1 Å². The normalized spacial score (nSPS) is 28.5. The van der Waals surface area contributed by atoms with Crippen LogP contribution in [0.3, 0.4) is 0 Å². The molecule has 5 heteroatoms. The zero-order chi connectivity index (χ0) is 25.2. The third-order valence-electron chi connectivity index (χ3n) is 8.80. The van der Waals surface area contributed by atoms with Gasteiger partial charge in [-0.1, -0.05) is 36.4 Å². The second-order valence-electron chi connectivity index (χ2n) is 11.0. The molecule has 5 rings (SSSR count). The highest BCUT2D eigenvalue weighted by Gasteiger charge is 2.31. The maximum Gasteiger partial charge on any atom is 0.164 e. The number of rotatable bonds is 7. The van der Waals surface area contributed by atoms with Crippen LogP contribution in [0.4, 0.5) is 17.6 Å². The maximum absolute atomic E-state index is 15.2. The number of benzene rings is 2. The van der Waals surface area contributed by atoms with E-state index < -0.39 is 23.3 Å². The van der Waals surface area contributed by atoms with Crippen LogP contribution in [0.5, 0.6) is 0 Å². The lowest BCUT2D eigenvalue weighted by atomic mass is 9.75. The Kier molecular flexibility index (Phi) is 7.85. The Balaban J connectivity index is 1.16. The zero-order valence-corrected chi connectivity index (χ0v) is 21.0. The van der Waals surface area contributed by atoms with Crippen LogP contribution in [0.25, 0.3) is 0 Å². The van der Waals surface area contributed by atoms with Crippen LogP contribution >= 0.6 is 0 Å². The summed E-state index contributed by atoms with van der Waals surface area (Å²) in [6.45, 7) is 2.47. The Morgan fingerprint density at radius 3 is 1.81 bits per heavy atom. The van der Waals surface area contributed by atoms with Crippen LogP contribution in [-0.2, 0) is 11.2 Å². The molecular weight excluding hydrogens is 464 g/mol. The van der Waals surface area contributed by atoms with E-state index in [9.17, 15) is 8.78 Å². The lowest BCUT2D eigenvalue weighted by Crippen LogP contribution is -2.17. The van der Waals surface area contributed by atoms with Gasteiger partial charge in [0.15, 0.2) is 23.3 Å². The molecular formula is C31H36F4O. The molecule has 1 saturated heterocycles. The van der Waals surface area contributed by atoms with Crippen molar-refractivity contribution in [3.05, 3.63) is 81.9 Å². The second-order valence-corrected chi connectivity index (χ2v) is 11.0. The topological polar surface area (TPSA) is 12.5 Å². The predicted octanol–water partition coefficient (Wildman–Crippen LogP) is 9.07. The molecule has 0 radical (unpaired) electrons. The largest absolute Gasteiger partial charge is 0.368 e. The lowest BCUT2D eigenvalue weighted by molar-refractivity contribution is 0.302. The van der Waals surface area contributed by atoms with E-state index in [2.05, 4.69) is 12.2 Å². The minimum Gasteiger partial charge on any atom is -0.368 e. The first-order valence-electron chi connectivity index (χ1n) is 13.6. The average molecular weight is 501 g/mol. The van der Waals surface area contributed by atoms with Gasteiger partial charge in [-0.05, 0) is 111 Å². The smallest absolute Gasteiger partial charge is 0.164 e. The fraction of sp³-hybridized carbons (Fsp3) is 0.548. The Labute approximate surface area is 211 Å². The number of allylic oxidation sites excluding steroid dienone is 2. The molecule has 0 bridgehead atoms. The van der Waals surface area contributed by atoms with Crippen molar-refractivity contribution in [2.75, 3.05) is 6.61 Å². The number of epoxide rings is 1. The molecule has 2 aromatic rings. The minimum absolute atomic E-state index is 0.0160. The van der Waals surface area contributed by atoms with E-state index in [-0.39, 0.29) is 17.9 Å². The summed E-state index contributed by atoms with van der Waals surface area (Å²) in [6.07, 6.45) is 12.5. The third-order valence-corrected chi connectivity index (χ3v) is 8.80. The summed E-state index contributed by atoms with van der Waals surface area (Å²) < 4.78 is 64.1. The first-order valence-corrected chi connectivity index (χ1v) is 13.6. The number of ether oxygens (including phenoxy) is 1. The molecule has 1 aliphatic heterocycles. The molecule has 0 N–H and O–H groups in total. The van der Waals surface area contributed by atoms with Crippen LogP contribution in [-0.4, -0.2) is 6.61 Å². The molecule has 3 fully saturated rings. The van der Waals surface area contributed by atoms with Crippen LogP contribution in [0.2, 0.25) is 0 Å². The summed E-state index contributed by atoms with van der Waals surface area (Å²) in [6, 6.07) is 6.96. The number of halogens is 4. The molecule has 1 atom stereocenters. The second kappa shape index (κ2) is 11.1. The fourth-order valence-corrected chi connectivity index (χ4v) is 6.50. The quantitative estimate of drug-likeness (QED) is 0.210. The predicted molar refractivity (Wildman–Crippen MR) is 134 cm³/mol. The molecule has 0 aromatic heterocycles. The number of aryl methyl sites for hydroxylation is 1. The van der Waals surface area contributed by atoms with Crippen molar-refractivity contribution in [2.24, 2.45) is 11.8 Å². The summed E-state index contributed by atoms with van der Waals surface area (Å²) >= 11 is 0. The van der Waals surface area contributed by atoms with Crippen molar-refractivity contribution in [1.29, 1.82) is 0 Å². The highest BCUT2D eigenvalue weighted by molar-refractivity contribution is 5.32. The van der Waals surface area contributed by atoms with Crippen molar-refractivity contribution < 1.29 is 22.3 Å². The van der Waals surface area contributed by atoms with E-state index in [1.165, 1.54) is 0 Å². The van der Waals surface area contributed by atoms with Gasteiger partial charge in [0.25, 0.3) is 0 Å². The van der Waals surface area contributed by atoms with Crippen LogP contribution in [0.15, 0.2) is 36.4 Å². The van der Waals surface area contributed by atoms with Crippen molar-refractivity contribution in [3.63, 3.8) is 0 Å². The standard InChI is InChI=1S/C31H36F4O/c1-2-3-19-4-9-21(10-5-19)24-16-17-25(30(34)29(24)33)22-11-6-20(7-12-22)8-13-23-14-15-26(27-18-36-27)31(35)28(23)32/h2-3,14-17,19-22,27H,4-13,18H2,1H3/b3-2+. The summed E-state index contributed by atoms with van der Waals surface area (Å²) in [7, 11) is 0. The minimum atomic E-state index is -0.787. The Morgan fingerprint density at radius 1 is 0.722 bits per heavy atom. The molecule has 0 amide bonds. The molecule has 36 heavy (non-hydrogen) atoms. The summed E-state index contributed by atoms with van der Waals surface area (Å²) in [5.74, 6) is -1.81. The third kappa shape index (κ3) is 5.41. The molecule has 2 aromatic carbocycles. The van der Waals surface area contributed by atoms with E-state index in [4.69, 9.17) is 4.74 Å². The van der Waals surface area contributed by atoms with Gasteiger partial charge in [-0.25, -0.2) is 17.6 Å². The van der Waals surface area contributed by atoms with Gasteiger partial charge in [0.2, 0.25) is 0 Å². The Hall–Kier alpha value is -2.14. The van der Waals surface area contributed by atoms with Gasteiger partial charge in [-0.2, -0.15) is 0 Å². The summed E-state index contributed by atoms with van der Waals surface area (Å²) in [4.78, 5) is 0. The molecule has 1 nitrogen and oxygen atoms in total. The van der Waals surface area contributed by atoms with Crippen LogP contribution < -0.4 is 0 Å². The van der Waals surface area contributed by atoms with Crippen LogP contribution in [0.1, 0.15) is 105 Å². The molecule has 0 spiro atoms. The van der Waals surface area contributed by atoms with Crippen LogP contribution in [0, 0.1) is 35.1 Å². The van der Waals surface area contributed by atoms with Gasteiger partial charge < -0.3 is 4.74 Å².